The van der Waals surface area contributed by atoms with Gasteiger partial charge in [-0.15, -0.1) is 10.2 Å². The SMILES string of the molecule is N#Cc1cc(F)cc(N2CCN(c3ccc(N4CCOCC4)nn3)CC2)c1. The molecule has 2 aromatic rings. The van der Waals surface area contributed by atoms with Gasteiger partial charge in [0.05, 0.1) is 24.8 Å². The first-order valence-electron chi connectivity index (χ1n) is 9.10. The predicted molar refractivity (Wildman–Crippen MR) is 101 cm³/mol. The van der Waals surface area contributed by atoms with Crippen LogP contribution >= 0.6 is 0 Å². The van der Waals surface area contributed by atoms with Gasteiger partial charge in [0, 0.05) is 45.0 Å². The number of halogens is 1. The minimum absolute atomic E-state index is 0.344. The fourth-order valence-electron chi connectivity index (χ4n) is 3.46. The lowest BCUT2D eigenvalue weighted by Crippen LogP contribution is -2.47. The van der Waals surface area contributed by atoms with Gasteiger partial charge in [-0.2, -0.15) is 5.26 Å². The Morgan fingerprint density at radius 3 is 2.04 bits per heavy atom. The second-order valence-electron chi connectivity index (χ2n) is 6.63. The van der Waals surface area contributed by atoms with Crippen LogP contribution in [0.2, 0.25) is 0 Å². The zero-order chi connectivity index (χ0) is 18.6. The van der Waals surface area contributed by atoms with Gasteiger partial charge in [-0.3, -0.25) is 0 Å². The summed E-state index contributed by atoms with van der Waals surface area (Å²) in [6.07, 6.45) is 0. The van der Waals surface area contributed by atoms with E-state index in [9.17, 15) is 4.39 Å². The Balaban J connectivity index is 1.39. The molecule has 0 atom stereocenters. The number of anilines is 3. The van der Waals surface area contributed by atoms with E-state index in [1.807, 2.05) is 18.2 Å². The van der Waals surface area contributed by atoms with E-state index in [4.69, 9.17) is 10.00 Å². The van der Waals surface area contributed by atoms with Gasteiger partial charge in [-0.05, 0) is 30.3 Å². The van der Waals surface area contributed by atoms with Crippen LogP contribution in [0.1, 0.15) is 5.56 Å². The first kappa shape index (κ1) is 17.5. The van der Waals surface area contributed by atoms with Crippen molar-refractivity contribution in [1.82, 2.24) is 10.2 Å². The summed E-state index contributed by atoms with van der Waals surface area (Å²) in [5.74, 6) is 1.35. The minimum Gasteiger partial charge on any atom is -0.378 e. The highest BCUT2D eigenvalue weighted by molar-refractivity contribution is 5.54. The van der Waals surface area contributed by atoms with Gasteiger partial charge in [-0.25, -0.2) is 4.39 Å². The van der Waals surface area contributed by atoms with Gasteiger partial charge in [0.1, 0.15) is 5.82 Å². The average molecular weight is 368 g/mol. The number of benzene rings is 1. The Morgan fingerprint density at radius 1 is 0.852 bits per heavy atom. The molecule has 27 heavy (non-hydrogen) atoms. The molecule has 2 aliphatic rings. The molecule has 0 aliphatic carbocycles. The summed E-state index contributed by atoms with van der Waals surface area (Å²) in [5, 5.41) is 17.8. The number of piperazine rings is 1. The van der Waals surface area contributed by atoms with Crippen molar-refractivity contribution in [3.8, 4) is 6.07 Å². The van der Waals surface area contributed by atoms with Crippen molar-refractivity contribution < 1.29 is 9.13 Å². The number of ether oxygens (including phenoxy) is 1. The fourth-order valence-corrected chi connectivity index (χ4v) is 3.46. The van der Waals surface area contributed by atoms with Gasteiger partial charge in [-0.1, -0.05) is 0 Å². The zero-order valence-electron chi connectivity index (χ0n) is 15.0. The van der Waals surface area contributed by atoms with Gasteiger partial charge in [0.2, 0.25) is 0 Å². The highest BCUT2D eigenvalue weighted by Crippen LogP contribution is 2.22. The highest BCUT2D eigenvalue weighted by atomic mass is 19.1. The summed E-state index contributed by atoms with van der Waals surface area (Å²) >= 11 is 0. The van der Waals surface area contributed by atoms with E-state index in [-0.39, 0.29) is 5.82 Å². The Kier molecular flexibility index (Phi) is 5.03. The number of nitrogens with zero attached hydrogens (tertiary/aromatic N) is 6. The fraction of sp³-hybridized carbons (Fsp3) is 0.421. The van der Waals surface area contributed by atoms with E-state index in [1.165, 1.54) is 12.1 Å². The Bertz CT molecular complexity index is 823. The molecule has 1 aromatic carbocycles. The number of morpholine rings is 1. The molecule has 0 saturated carbocycles. The van der Waals surface area contributed by atoms with E-state index in [0.29, 0.717) is 5.56 Å². The second-order valence-corrected chi connectivity index (χ2v) is 6.63. The summed E-state index contributed by atoms with van der Waals surface area (Å²) in [6.45, 7) is 6.13. The molecular formula is C19H21FN6O. The molecule has 4 rings (SSSR count). The monoisotopic (exact) mass is 368 g/mol. The maximum Gasteiger partial charge on any atom is 0.151 e. The molecule has 140 valence electrons. The third-order valence-electron chi connectivity index (χ3n) is 4.95. The summed E-state index contributed by atoms with van der Waals surface area (Å²) in [4.78, 5) is 6.45. The highest BCUT2D eigenvalue weighted by Gasteiger charge is 2.20. The Hall–Kier alpha value is -2.92. The van der Waals surface area contributed by atoms with Crippen molar-refractivity contribution in [2.75, 3.05) is 67.2 Å². The zero-order valence-corrected chi connectivity index (χ0v) is 15.0. The van der Waals surface area contributed by atoms with Crippen LogP contribution in [0.4, 0.5) is 21.7 Å². The molecule has 1 aromatic heterocycles. The van der Waals surface area contributed by atoms with Crippen molar-refractivity contribution in [3.63, 3.8) is 0 Å². The van der Waals surface area contributed by atoms with Crippen LogP contribution < -0.4 is 14.7 Å². The smallest absolute Gasteiger partial charge is 0.151 e. The van der Waals surface area contributed by atoms with Crippen molar-refractivity contribution in [2.24, 2.45) is 0 Å². The molecule has 0 amide bonds. The van der Waals surface area contributed by atoms with Gasteiger partial charge in [0.25, 0.3) is 0 Å². The van der Waals surface area contributed by atoms with Crippen molar-refractivity contribution >= 4 is 17.3 Å². The molecule has 2 fully saturated rings. The maximum absolute atomic E-state index is 13.7. The second kappa shape index (κ2) is 7.76. The molecule has 7 nitrogen and oxygen atoms in total. The summed E-state index contributed by atoms with van der Waals surface area (Å²) in [6, 6.07) is 10.5. The molecular weight excluding hydrogens is 347 g/mol. The Labute approximate surface area is 157 Å². The third-order valence-corrected chi connectivity index (χ3v) is 4.95. The van der Waals surface area contributed by atoms with Crippen molar-refractivity contribution in [1.29, 1.82) is 5.26 Å². The number of hydrogen-bond donors (Lipinski definition) is 0. The standard InChI is InChI=1S/C19H21FN6O/c20-16-11-15(14-21)12-17(13-16)24-3-5-25(6-4-24)18-1-2-19(23-22-18)26-7-9-27-10-8-26/h1-2,11-13H,3-10H2. The van der Waals surface area contributed by atoms with Crippen LogP contribution in [0.3, 0.4) is 0 Å². The van der Waals surface area contributed by atoms with Crippen LogP contribution in [0.25, 0.3) is 0 Å². The van der Waals surface area contributed by atoms with Crippen LogP contribution in [-0.4, -0.2) is 62.7 Å². The van der Waals surface area contributed by atoms with Gasteiger partial charge >= 0.3 is 0 Å². The largest absolute Gasteiger partial charge is 0.378 e. The van der Waals surface area contributed by atoms with E-state index in [0.717, 1.165) is 69.8 Å². The summed E-state index contributed by atoms with van der Waals surface area (Å²) in [5.41, 5.74) is 1.09. The first-order valence-corrected chi connectivity index (χ1v) is 9.10. The molecule has 0 unspecified atom stereocenters. The molecule has 0 N–H and O–H groups in total. The third kappa shape index (κ3) is 3.93. The molecule has 0 spiro atoms. The van der Waals surface area contributed by atoms with Crippen molar-refractivity contribution in [3.05, 3.63) is 41.7 Å². The van der Waals surface area contributed by atoms with Crippen LogP contribution in [0.5, 0.6) is 0 Å². The molecule has 2 saturated heterocycles. The van der Waals surface area contributed by atoms with E-state index in [1.54, 1.807) is 6.07 Å². The first-order chi connectivity index (χ1) is 13.2. The lowest BCUT2D eigenvalue weighted by Gasteiger charge is -2.36. The summed E-state index contributed by atoms with van der Waals surface area (Å²) in [7, 11) is 0. The van der Waals surface area contributed by atoms with Crippen LogP contribution in [-0.2, 0) is 4.74 Å². The predicted octanol–water partition coefficient (Wildman–Crippen LogP) is 1.65. The quantitative estimate of drug-likeness (QED) is 0.816. The number of nitriles is 1. The van der Waals surface area contributed by atoms with E-state index < -0.39 is 0 Å². The molecule has 2 aliphatic heterocycles. The van der Waals surface area contributed by atoms with Gasteiger partial charge < -0.3 is 19.4 Å². The molecule has 8 heteroatoms. The molecule has 0 bridgehead atoms. The lowest BCUT2D eigenvalue weighted by molar-refractivity contribution is 0.122. The number of aromatic nitrogens is 2. The average Bonchev–Trinajstić information content (AvgIpc) is 2.74. The molecule has 0 radical (unpaired) electrons. The van der Waals surface area contributed by atoms with E-state index >= 15 is 0 Å². The summed E-state index contributed by atoms with van der Waals surface area (Å²) < 4.78 is 19.0. The number of hydrogen-bond acceptors (Lipinski definition) is 7. The lowest BCUT2D eigenvalue weighted by atomic mass is 10.1. The minimum atomic E-state index is -0.379. The van der Waals surface area contributed by atoms with E-state index in [2.05, 4.69) is 24.9 Å². The molecule has 3 heterocycles. The normalized spacial score (nSPS) is 17.7. The topological polar surface area (TPSA) is 68.5 Å². The van der Waals surface area contributed by atoms with Gasteiger partial charge in [0.15, 0.2) is 11.6 Å². The Morgan fingerprint density at radius 2 is 1.44 bits per heavy atom. The number of rotatable bonds is 3. The van der Waals surface area contributed by atoms with Crippen LogP contribution in [0, 0.1) is 17.1 Å². The maximum atomic E-state index is 13.7. The van der Waals surface area contributed by atoms with Crippen LogP contribution in [0.15, 0.2) is 30.3 Å². The van der Waals surface area contributed by atoms with Crippen molar-refractivity contribution in [2.45, 2.75) is 0 Å².